The molecule has 0 heterocycles. The van der Waals surface area contributed by atoms with Crippen molar-refractivity contribution < 1.29 is 13.5 Å². The Morgan fingerprint density at radius 1 is 1.38 bits per heavy atom. The van der Waals surface area contributed by atoms with Crippen LogP contribution in [0.4, 0.5) is 5.69 Å². The van der Waals surface area contributed by atoms with Crippen molar-refractivity contribution in [2.24, 2.45) is 0 Å². The Hall–Kier alpha value is -1.23. The van der Waals surface area contributed by atoms with E-state index < -0.39 is 10.0 Å². The van der Waals surface area contributed by atoms with Crippen LogP contribution in [0.2, 0.25) is 0 Å². The first-order chi connectivity index (χ1) is 7.47. The highest BCUT2D eigenvalue weighted by Crippen LogP contribution is 2.21. The molecule has 0 radical (unpaired) electrons. The maximum atomic E-state index is 11.8. The number of phenols is 1. The minimum atomic E-state index is -3.27. The molecule has 1 aromatic rings. The molecule has 0 unspecified atom stereocenters. The van der Waals surface area contributed by atoms with E-state index in [0.717, 1.165) is 6.42 Å². The summed E-state index contributed by atoms with van der Waals surface area (Å²) in [5.74, 6) is 0.199. The third-order valence-corrected chi connectivity index (χ3v) is 4.22. The van der Waals surface area contributed by atoms with E-state index in [4.69, 9.17) is 0 Å². The van der Waals surface area contributed by atoms with Crippen molar-refractivity contribution in [2.45, 2.75) is 19.8 Å². The summed E-state index contributed by atoms with van der Waals surface area (Å²) in [5, 5.41) is 9.28. The zero-order valence-electron chi connectivity index (χ0n) is 9.55. The summed E-state index contributed by atoms with van der Waals surface area (Å²) >= 11 is 0. The summed E-state index contributed by atoms with van der Waals surface area (Å²) in [6.07, 6.45) is 1.48. The van der Waals surface area contributed by atoms with E-state index in [9.17, 15) is 13.5 Å². The number of anilines is 1. The molecule has 0 amide bonds. The van der Waals surface area contributed by atoms with Gasteiger partial charge in [0.05, 0.1) is 11.4 Å². The van der Waals surface area contributed by atoms with Crippen LogP contribution in [0.25, 0.3) is 0 Å². The Balaban J connectivity index is 2.89. The minimum absolute atomic E-state index is 0.0649. The Kier molecular flexibility index (Phi) is 4.18. The molecular weight excluding hydrogens is 226 g/mol. The fourth-order valence-corrected chi connectivity index (χ4v) is 2.68. The van der Waals surface area contributed by atoms with E-state index in [0.29, 0.717) is 12.1 Å². The fraction of sp³-hybridized carbons (Fsp3) is 0.455. The van der Waals surface area contributed by atoms with Crippen molar-refractivity contribution >= 4 is 15.7 Å². The molecule has 5 heteroatoms. The van der Waals surface area contributed by atoms with Crippen LogP contribution in [-0.4, -0.2) is 26.3 Å². The molecule has 0 aliphatic rings. The predicted molar refractivity (Wildman–Crippen MR) is 65.2 cm³/mol. The molecule has 0 saturated carbocycles. The Bertz CT molecular complexity index is 442. The quantitative estimate of drug-likeness (QED) is 0.860. The topological polar surface area (TPSA) is 57.6 Å². The van der Waals surface area contributed by atoms with Gasteiger partial charge in [0.15, 0.2) is 0 Å². The van der Waals surface area contributed by atoms with Gasteiger partial charge >= 0.3 is 0 Å². The molecule has 0 atom stereocenters. The second-order valence-corrected chi connectivity index (χ2v) is 5.78. The maximum Gasteiger partial charge on any atom is 0.234 e. The lowest BCUT2D eigenvalue weighted by atomic mass is 10.3. The fourth-order valence-electron chi connectivity index (χ4n) is 1.31. The third kappa shape index (κ3) is 3.13. The van der Waals surface area contributed by atoms with Crippen LogP contribution in [0.15, 0.2) is 24.3 Å². The number of phenolic OH excluding ortho intramolecular Hbond substituents is 1. The van der Waals surface area contributed by atoms with E-state index in [1.807, 2.05) is 6.92 Å². The standard InChI is InChI=1S/C11H17NO3S/c1-3-4-8-16(14,15)12(2)10-6-5-7-11(13)9-10/h5-7,9,13H,3-4,8H2,1-2H3. The van der Waals surface area contributed by atoms with Crippen LogP contribution in [0.1, 0.15) is 19.8 Å². The van der Waals surface area contributed by atoms with Crippen LogP contribution < -0.4 is 4.31 Å². The normalized spacial score (nSPS) is 11.4. The number of aromatic hydroxyl groups is 1. The Morgan fingerprint density at radius 3 is 2.62 bits per heavy atom. The zero-order valence-corrected chi connectivity index (χ0v) is 10.4. The molecular formula is C11H17NO3S. The predicted octanol–water partition coefficient (Wildman–Crippen LogP) is 1.96. The smallest absolute Gasteiger partial charge is 0.234 e. The second-order valence-electron chi connectivity index (χ2n) is 3.66. The van der Waals surface area contributed by atoms with Gasteiger partial charge in [0.2, 0.25) is 10.0 Å². The number of nitrogens with zero attached hydrogens (tertiary/aromatic N) is 1. The molecule has 0 saturated heterocycles. The summed E-state index contributed by atoms with van der Waals surface area (Å²) in [6, 6.07) is 6.22. The molecule has 1 N–H and O–H groups in total. The minimum Gasteiger partial charge on any atom is -0.508 e. The zero-order chi connectivity index (χ0) is 12.2. The maximum absolute atomic E-state index is 11.8. The summed E-state index contributed by atoms with van der Waals surface area (Å²) in [4.78, 5) is 0. The van der Waals surface area contributed by atoms with Crippen LogP contribution >= 0.6 is 0 Å². The van der Waals surface area contributed by atoms with Gasteiger partial charge in [-0.2, -0.15) is 0 Å². The molecule has 1 rings (SSSR count). The largest absolute Gasteiger partial charge is 0.508 e. The van der Waals surface area contributed by atoms with Gasteiger partial charge in [-0.3, -0.25) is 4.31 Å². The number of benzene rings is 1. The molecule has 1 aromatic carbocycles. The van der Waals surface area contributed by atoms with Gasteiger partial charge in [0, 0.05) is 13.1 Å². The van der Waals surface area contributed by atoms with Crippen molar-refractivity contribution in [3.63, 3.8) is 0 Å². The first kappa shape index (κ1) is 12.8. The molecule has 0 aliphatic heterocycles. The first-order valence-corrected chi connectivity index (χ1v) is 6.84. The van der Waals surface area contributed by atoms with E-state index in [1.54, 1.807) is 12.1 Å². The average Bonchev–Trinajstić information content (AvgIpc) is 2.25. The Labute approximate surface area is 96.6 Å². The highest BCUT2D eigenvalue weighted by molar-refractivity contribution is 7.92. The number of hydrogen-bond donors (Lipinski definition) is 1. The number of rotatable bonds is 5. The van der Waals surface area contributed by atoms with E-state index >= 15 is 0 Å². The Morgan fingerprint density at radius 2 is 2.06 bits per heavy atom. The lowest BCUT2D eigenvalue weighted by Gasteiger charge is -2.19. The van der Waals surface area contributed by atoms with Crippen molar-refractivity contribution in [1.29, 1.82) is 0 Å². The van der Waals surface area contributed by atoms with E-state index in [2.05, 4.69) is 0 Å². The summed E-state index contributed by atoms with van der Waals surface area (Å²) in [5.41, 5.74) is 0.483. The number of sulfonamides is 1. The summed E-state index contributed by atoms with van der Waals surface area (Å²) in [6.45, 7) is 1.95. The van der Waals surface area contributed by atoms with Crippen LogP contribution in [0, 0.1) is 0 Å². The second kappa shape index (κ2) is 5.21. The van der Waals surface area contributed by atoms with Gasteiger partial charge in [0.1, 0.15) is 5.75 Å². The van der Waals surface area contributed by atoms with Gasteiger partial charge in [0.25, 0.3) is 0 Å². The van der Waals surface area contributed by atoms with Gasteiger partial charge in [-0.15, -0.1) is 0 Å². The van der Waals surface area contributed by atoms with Crippen molar-refractivity contribution in [2.75, 3.05) is 17.1 Å². The first-order valence-electron chi connectivity index (χ1n) is 5.23. The summed E-state index contributed by atoms with van der Waals surface area (Å²) in [7, 11) is -1.77. The van der Waals surface area contributed by atoms with Crippen molar-refractivity contribution in [3.05, 3.63) is 24.3 Å². The molecule has 0 aliphatic carbocycles. The van der Waals surface area contributed by atoms with Crippen LogP contribution in [0.3, 0.4) is 0 Å². The molecule has 0 aromatic heterocycles. The van der Waals surface area contributed by atoms with Gasteiger partial charge in [-0.1, -0.05) is 19.4 Å². The van der Waals surface area contributed by atoms with E-state index in [1.165, 1.54) is 23.5 Å². The van der Waals surface area contributed by atoms with Gasteiger partial charge in [-0.25, -0.2) is 8.42 Å². The molecule has 0 fully saturated rings. The van der Waals surface area contributed by atoms with Gasteiger partial charge < -0.3 is 5.11 Å². The summed E-state index contributed by atoms with van der Waals surface area (Å²) < 4.78 is 24.9. The highest BCUT2D eigenvalue weighted by Gasteiger charge is 2.17. The molecule has 90 valence electrons. The molecule has 0 bridgehead atoms. The van der Waals surface area contributed by atoms with Crippen LogP contribution in [0.5, 0.6) is 5.75 Å². The monoisotopic (exact) mass is 243 g/mol. The van der Waals surface area contributed by atoms with Gasteiger partial charge in [-0.05, 0) is 18.6 Å². The number of unbranched alkanes of at least 4 members (excludes halogenated alkanes) is 1. The van der Waals surface area contributed by atoms with E-state index in [-0.39, 0.29) is 11.5 Å². The SMILES string of the molecule is CCCCS(=O)(=O)N(C)c1cccc(O)c1. The third-order valence-electron chi connectivity index (χ3n) is 2.37. The average molecular weight is 243 g/mol. The van der Waals surface area contributed by atoms with Crippen LogP contribution in [-0.2, 0) is 10.0 Å². The number of hydrogen-bond acceptors (Lipinski definition) is 3. The molecule has 0 spiro atoms. The molecule has 4 nitrogen and oxygen atoms in total. The lowest BCUT2D eigenvalue weighted by molar-refractivity contribution is 0.475. The van der Waals surface area contributed by atoms with Crippen molar-refractivity contribution in [1.82, 2.24) is 0 Å². The lowest BCUT2D eigenvalue weighted by Crippen LogP contribution is -2.28. The molecule has 16 heavy (non-hydrogen) atoms. The van der Waals surface area contributed by atoms with Crippen molar-refractivity contribution in [3.8, 4) is 5.75 Å². The highest BCUT2D eigenvalue weighted by atomic mass is 32.2.